The highest BCUT2D eigenvalue weighted by molar-refractivity contribution is 6.03. The number of ether oxygens (including phenoxy) is 1. The fourth-order valence-electron chi connectivity index (χ4n) is 5.96. The molecule has 8 aromatic rings. The molecule has 54 heavy (non-hydrogen) atoms. The Hall–Kier alpha value is -6.90. The summed E-state index contributed by atoms with van der Waals surface area (Å²) in [4.78, 5) is 0.359. The molecule has 1 aliphatic heterocycles. The monoisotopic (exact) mass is 727 g/mol. The normalized spacial score (nSPS) is 25.2. The lowest BCUT2D eigenvalue weighted by Gasteiger charge is -2.26. The molecule has 10 rings (SSSR count). The van der Waals surface area contributed by atoms with E-state index in [9.17, 15) is 17.8 Å². The molecule has 0 amide bonds. The fourth-order valence-corrected chi connectivity index (χ4v) is 5.96. The zero-order chi connectivity index (χ0) is 66.3. The number of rotatable bonds is 7. The van der Waals surface area contributed by atoms with E-state index in [1.165, 1.54) is 0 Å². The molecule has 1 heterocycles. The van der Waals surface area contributed by atoms with Crippen LogP contribution >= 0.6 is 0 Å². The van der Waals surface area contributed by atoms with Gasteiger partial charge in [0.05, 0.1) is 48.0 Å². The van der Waals surface area contributed by atoms with Gasteiger partial charge in [0.15, 0.2) is 0 Å². The van der Waals surface area contributed by atoms with Gasteiger partial charge in [-0.05, 0) is 105 Å². The molecular weight excluding hydrogens is 655 g/mol. The van der Waals surface area contributed by atoms with E-state index < -0.39 is 307 Å². The van der Waals surface area contributed by atoms with Crippen molar-refractivity contribution in [2.45, 2.75) is 12.0 Å². The number of anilines is 3. The maximum Gasteiger partial charge on any atom is 0.135 e. The van der Waals surface area contributed by atoms with Gasteiger partial charge in [0.25, 0.3) is 0 Å². The fraction of sp³-hybridized carbons (Fsp3) is 0.0385. The van der Waals surface area contributed by atoms with E-state index >= 15 is 0 Å². The zero-order valence-electron chi connectivity index (χ0n) is 62.0. The SMILES string of the molecule is [2H]C1=C(c2c([2H])c([2H])c(N(c3c([2H])c([2H])c([2H])c([2H])c3[2H])c3c([2H])c([2H])c([2H])c([2H])c3[2H])c([2H])c2[2H])C2Oc3c(c([2H])c(-c4c([2H])c(-c5c([2H])c([2H])c([2H])c([2H])c5[2H])c([2H])c(-c5c([2H])c([2H])c([2H])c([2H])c5[2H])c4[2H])c4c([2H])c([2H])c([2H])c([2H])c34)C2C([2H])=C1[2H]. The molecule has 0 radical (unpaired) electrons. The van der Waals surface area contributed by atoms with E-state index in [1.807, 2.05) is 0 Å². The van der Waals surface area contributed by atoms with Crippen LogP contribution in [0.3, 0.4) is 0 Å². The smallest absolute Gasteiger partial charge is 0.135 e. The van der Waals surface area contributed by atoms with Crippen LogP contribution in [-0.4, -0.2) is 6.10 Å². The summed E-state index contributed by atoms with van der Waals surface area (Å²) in [5.41, 5.74) is -11.2. The molecule has 2 unspecified atom stereocenters. The molecule has 0 fully saturated rings. The third-order valence-electron chi connectivity index (χ3n) is 8.26. The van der Waals surface area contributed by atoms with Crippen LogP contribution in [0, 0.1) is 0 Å². The first-order chi connectivity index (χ1) is 41.4. The molecule has 2 nitrogen and oxygen atoms in total. The molecule has 1 aliphatic carbocycles. The van der Waals surface area contributed by atoms with Gasteiger partial charge in [-0.2, -0.15) is 0 Å². The molecule has 2 atom stereocenters. The largest absolute Gasteiger partial charge is 0.484 e. The standard InChI is InChI=1S/C52H37NO/c1-5-16-36(17-6-1)39-32-40(37-18-7-2-8-19-37)34-41(33-39)49-35-50-48-27-15-26-45(51(48)54-52(50)47-25-14-13-24-46(47)49)38-28-30-44(31-29-38)53(42-20-9-3-10-21-42)43-22-11-4-12-23-43/h1-35,48,51H/i1D,2D,3D,4D,5D,6D,7D,8D,9D,10D,11D,12D,13D,14D,15D,16D,17D,18D,19D,20D,21D,22D,23D,24D,25D,26D,27D,28D,29D,30D,31D,32D,33D,34D,35D. The van der Waals surface area contributed by atoms with E-state index in [-0.39, 0.29) is 0 Å². The Morgan fingerprint density at radius 2 is 0.944 bits per heavy atom. The van der Waals surface area contributed by atoms with Gasteiger partial charge in [-0.3, -0.25) is 0 Å². The molecule has 8 aromatic carbocycles. The average molecular weight is 727 g/mol. The minimum atomic E-state index is -2.11. The highest BCUT2D eigenvalue weighted by Crippen LogP contribution is 2.52. The van der Waals surface area contributed by atoms with Crippen molar-refractivity contribution in [2.24, 2.45) is 0 Å². The number of hydrogen-bond donors (Lipinski definition) is 0. The first-order valence-electron chi connectivity index (χ1n) is 33.3. The first kappa shape index (κ1) is 12.1. The van der Waals surface area contributed by atoms with Crippen LogP contribution in [0.1, 0.15) is 65.0 Å². The molecule has 0 saturated carbocycles. The van der Waals surface area contributed by atoms with Crippen molar-refractivity contribution in [3.8, 4) is 39.1 Å². The molecule has 0 bridgehead atoms. The van der Waals surface area contributed by atoms with Gasteiger partial charge in [-0.1, -0.05) is 151 Å². The summed E-state index contributed by atoms with van der Waals surface area (Å²) in [6.45, 7) is 0. The Labute approximate surface area is 365 Å². The number of para-hydroxylation sites is 2. The van der Waals surface area contributed by atoms with E-state index in [4.69, 9.17) is 34.9 Å². The summed E-state index contributed by atoms with van der Waals surface area (Å²) in [5, 5.41) is -1.54. The Bertz CT molecular complexity index is 4410. The van der Waals surface area contributed by atoms with Crippen LogP contribution in [0.4, 0.5) is 17.1 Å². The summed E-state index contributed by atoms with van der Waals surface area (Å²) >= 11 is 0. The summed E-state index contributed by atoms with van der Waals surface area (Å²) in [5.74, 6) is -2.74. The topological polar surface area (TPSA) is 12.5 Å². The van der Waals surface area contributed by atoms with Crippen molar-refractivity contribution in [2.75, 3.05) is 4.90 Å². The second kappa shape index (κ2) is 13.6. The van der Waals surface area contributed by atoms with Crippen LogP contribution in [0.15, 0.2) is 212 Å². The quantitative estimate of drug-likeness (QED) is 0.162. The molecule has 256 valence electrons. The Morgan fingerprint density at radius 1 is 0.444 bits per heavy atom. The van der Waals surface area contributed by atoms with Gasteiger partial charge < -0.3 is 9.64 Å². The highest BCUT2D eigenvalue weighted by atomic mass is 16.5. The van der Waals surface area contributed by atoms with Crippen LogP contribution in [-0.2, 0) is 0 Å². The average Bonchev–Trinajstić information content (AvgIpc) is 1.52. The summed E-state index contributed by atoms with van der Waals surface area (Å²) in [6.07, 6.45) is -2.11. The van der Waals surface area contributed by atoms with Gasteiger partial charge in [0, 0.05) is 39.5 Å². The lowest BCUT2D eigenvalue weighted by Crippen LogP contribution is -2.21. The van der Waals surface area contributed by atoms with E-state index in [1.54, 1.807) is 0 Å². The van der Waals surface area contributed by atoms with Gasteiger partial charge >= 0.3 is 0 Å². The van der Waals surface area contributed by atoms with E-state index in [2.05, 4.69) is 0 Å². The Morgan fingerprint density at radius 3 is 1.54 bits per heavy atom. The Balaban J connectivity index is 1.33. The molecule has 0 N–H and O–H groups in total. The van der Waals surface area contributed by atoms with Crippen molar-refractivity contribution >= 4 is 33.4 Å². The number of nitrogens with zero attached hydrogens (tertiary/aromatic N) is 1. The van der Waals surface area contributed by atoms with Crippen molar-refractivity contribution in [3.05, 3.63) is 223 Å². The van der Waals surface area contributed by atoms with E-state index in [0.717, 1.165) is 0 Å². The van der Waals surface area contributed by atoms with E-state index in [0.29, 0.717) is 4.90 Å². The Kier molecular flexibility index (Phi) is 3.03. The van der Waals surface area contributed by atoms with Crippen molar-refractivity contribution in [1.29, 1.82) is 0 Å². The zero-order valence-corrected chi connectivity index (χ0v) is 27.0. The first-order valence-corrected chi connectivity index (χ1v) is 15.8. The number of fused-ring (bicyclic) bond motifs is 5. The van der Waals surface area contributed by atoms with Crippen LogP contribution in [0.25, 0.3) is 49.7 Å². The maximum absolute atomic E-state index is 10.2. The number of allylic oxidation sites excluding steroid dienone is 2. The number of hydrogen-bond acceptors (Lipinski definition) is 2. The molecule has 0 saturated heterocycles. The van der Waals surface area contributed by atoms with Crippen LogP contribution in [0.5, 0.6) is 5.75 Å². The van der Waals surface area contributed by atoms with Crippen LogP contribution in [0.2, 0.25) is 0 Å². The predicted molar refractivity (Wildman–Crippen MR) is 226 cm³/mol. The molecule has 0 aromatic heterocycles. The second-order valence-corrected chi connectivity index (χ2v) is 11.3. The van der Waals surface area contributed by atoms with Gasteiger partial charge in [0.2, 0.25) is 0 Å². The number of benzene rings is 8. The molecule has 0 spiro atoms. The maximum atomic E-state index is 10.2. The minimum absolute atomic E-state index is 0.359. The lowest BCUT2D eigenvalue weighted by molar-refractivity contribution is 0.281. The van der Waals surface area contributed by atoms with Crippen LogP contribution < -0.4 is 9.64 Å². The summed E-state index contributed by atoms with van der Waals surface area (Å²) < 4.78 is 321. The van der Waals surface area contributed by atoms with Crippen molar-refractivity contribution < 1.29 is 52.7 Å². The van der Waals surface area contributed by atoms with Gasteiger partial charge in [-0.25, -0.2) is 0 Å². The van der Waals surface area contributed by atoms with Crippen molar-refractivity contribution in [1.82, 2.24) is 0 Å². The van der Waals surface area contributed by atoms with Crippen molar-refractivity contribution in [3.63, 3.8) is 0 Å². The van der Waals surface area contributed by atoms with Gasteiger partial charge in [-0.15, -0.1) is 0 Å². The summed E-state index contributed by atoms with van der Waals surface area (Å²) in [6, 6.07) is -37.4. The third-order valence-corrected chi connectivity index (χ3v) is 8.26. The predicted octanol–water partition coefficient (Wildman–Crippen LogP) is 13.8. The summed E-state index contributed by atoms with van der Waals surface area (Å²) in [7, 11) is 0. The molecule has 2 aliphatic rings. The second-order valence-electron chi connectivity index (χ2n) is 11.3. The molecular formula is C52H37NO. The third kappa shape index (κ3) is 5.70. The highest BCUT2D eigenvalue weighted by Gasteiger charge is 2.38. The molecule has 2 heteroatoms. The minimum Gasteiger partial charge on any atom is -0.484 e. The lowest BCUT2D eigenvalue weighted by atomic mass is 9.82. The van der Waals surface area contributed by atoms with Gasteiger partial charge in [0.1, 0.15) is 11.9 Å².